The largest absolute Gasteiger partial charge is 0.504 e. The van der Waals surface area contributed by atoms with E-state index in [1.165, 1.54) is 25.5 Å². The van der Waals surface area contributed by atoms with E-state index in [0.29, 0.717) is 24.2 Å². The normalized spacial score (nSPS) is 25.9. The number of methoxy groups -OCH3 is 1. The van der Waals surface area contributed by atoms with E-state index in [-0.39, 0.29) is 43.3 Å². The number of carbonyl (C=O) groups excluding carboxylic acids is 1. The Morgan fingerprint density at radius 2 is 1.97 bits per heavy atom. The highest BCUT2D eigenvalue weighted by Crippen LogP contribution is 2.37. The lowest BCUT2D eigenvalue weighted by molar-refractivity contribution is -0.271. The zero-order valence-electron chi connectivity index (χ0n) is 22.5. The molecule has 0 spiro atoms. The van der Waals surface area contributed by atoms with E-state index >= 15 is 0 Å². The van der Waals surface area contributed by atoms with Crippen molar-refractivity contribution in [2.45, 2.75) is 58.7 Å². The predicted octanol–water partition coefficient (Wildman–Crippen LogP) is 3.30. The summed E-state index contributed by atoms with van der Waals surface area (Å²) in [5.74, 6) is -1.48. The number of aliphatic hydroxyl groups excluding tert-OH is 2. The number of allylic oxidation sites excluding steroid dienone is 2. The van der Waals surface area contributed by atoms with E-state index in [4.69, 9.17) is 23.7 Å². The topological polar surface area (TPSA) is 144 Å². The number of carbonyl (C=O) groups is 1. The van der Waals surface area contributed by atoms with Crippen LogP contribution in [0.4, 0.5) is 0 Å². The molecule has 5 atom stereocenters. The number of esters is 1. The van der Waals surface area contributed by atoms with Crippen molar-refractivity contribution in [3.05, 3.63) is 59.6 Å². The van der Waals surface area contributed by atoms with Gasteiger partial charge in [0.05, 0.1) is 50.6 Å². The standard InChI is InChI=1S/C26H34O10.C2H6/c1-4-19-20(9-15(2)33-8-7-16-5-6-22(29)23(30)10-16)21(24(31)32-3)14-35-26(19)36-25-17(12-27)11-18(28)13-34-25;1-2/h4-6,10,14,17-18,20,25-30H,2,7-9,11-13H2,1,3H3;1-2H3/b19-4-;. The van der Waals surface area contributed by atoms with E-state index in [9.17, 15) is 25.2 Å². The van der Waals surface area contributed by atoms with Gasteiger partial charge in [-0.2, -0.15) is 0 Å². The number of hydrogen-bond donors (Lipinski definition) is 4. The van der Waals surface area contributed by atoms with Crippen LogP contribution in [0.15, 0.2) is 54.0 Å². The smallest absolute Gasteiger partial charge is 0.337 e. The number of aromatic hydroxyl groups is 2. The number of rotatable bonds is 10. The zero-order chi connectivity index (χ0) is 28.2. The molecule has 1 aromatic carbocycles. The number of ether oxygens (including phenoxy) is 5. The van der Waals surface area contributed by atoms with Gasteiger partial charge in [-0.15, -0.1) is 0 Å². The fraction of sp³-hybridized carbons (Fsp3) is 0.536. The highest BCUT2D eigenvalue weighted by Gasteiger charge is 2.40. The van der Waals surface area contributed by atoms with Gasteiger partial charge in [-0.25, -0.2) is 4.79 Å². The van der Waals surface area contributed by atoms with E-state index in [0.717, 1.165) is 5.56 Å². The summed E-state index contributed by atoms with van der Waals surface area (Å²) < 4.78 is 28.1. The maximum absolute atomic E-state index is 12.5. The van der Waals surface area contributed by atoms with Gasteiger partial charge in [-0.3, -0.25) is 0 Å². The molecule has 5 unspecified atom stereocenters. The maximum atomic E-state index is 12.5. The van der Waals surface area contributed by atoms with Gasteiger partial charge in [0.2, 0.25) is 6.29 Å². The van der Waals surface area contributed by atoms with Crippen molar-refractivity contribution in [1.82, 2.24) is 0 Å². The third kappa shape index (κ3) is 8.22. The number of phenols is 2. The highest BCUT2D eigenvalue weighted by molar-refractivity contribution is 5.89. The van der Waals surface area contributed by atoms with Crippen molar-refractivity contribution >= 4 is 5.97 Å². The first-order valence-corrected chi connectivity index (χ1v) is 12.7. The van der Waals surface area contributed by atoms with Gasteiger partial charge >= 0.3 is 5.97 Å². The van der Waals surface area contributed by atoms with Gasteiger partial charge in [0, 0.05) is 30.3 Å². The summed E-state index contributed by atoms with van der Waals surface area (Å²) in [6.45, 7) is 9.90. The summed E-state index contributed by atoms with van der Waals surface area (Å²) in [6.07, 6.45) is 1.75. The molecule has 1 saturated heterocycles. The first-order valence-electron chi connectivity index (χ1n) is 12.7. The second kappa shape index (κ2) is 15.4. The number of phenolic OH excluding ortho intramolecular Hbond substituents is 2. The van der Waals surface area contributed by atoms with Crippen LogP contribution in [-0.2, 0) is 34.9 Å². The van der Waals surface area contributed by atoms with Crippen LogP contribution in [0.3, 0.4) is 0 Å². The number of hydrogen-bond acceptors (Lipinski definition) is 10. The predicted molar refractivity (Wildman–Crippen MR) is 139 cm³/mol. The average Bonchev–Trinajstić information content (AvgIpc) is 2.92. The third-order valence-corrected chi connectivity index (χ3v) is 6.20. The monoisotopic (exact) mass is 536 g/mol. The van der Waals surface area contributed by atoms with Gasteiger partial charge in [-0.05, 0) is 31.0 Å². The summed E-state index contributed by atoms with van der Waals surface area (Å²) in [5, 5.41) is 38.6. The van der Waals surface area contributed by atoms with Crippen LogP contribution in [0.2, 0.25) is 0 Å². The summed E-state index contributed by atoms with van der Waals surface area (Å²) in [6, 6.07) is 4.55. The minimum Gasteiger partial charge on any atom is -0.504 e. The quantitative estimate of drug-likeness (QED) is 0.152. The van der Waals surface area contributed by atoms with Crippen molar-refractivity contribution in [1.29, 1.82) is 0 Å². The van der Waals surface area contributed by atoms with Crippen LogP contribution in [-0.4, -0.2) is 72.0 Å². The number of benzene rings is 1. The second-order valence-corrected chi connectivity index (χ2v) is 8.71. The van der Waals surface area contributed by atoms with Crippen LogP contribution < -0.4 is 0 Å². The van der Waals surface area contributed by atoms with Crippen molar-refractivity contribution in [3.63, 3.8) is 0 Å². The Balaban J connectivity index is 0.00000247. The minimum atomic E-state index is -0.893. The molecular formula is C28H40O10. The lowest BCUT2D eigenvalue weighted by atomic mass is 9.85. The molecule has 2 aliphatic rings. The Kier molecular flexibility index (Phi) is 12.6. The minimum absolute atomic E-state index is 0.0786. The molecule has 0 radical (unpaired) electrons. The molecule has 0 aromatic heterocycles. The van der Waals surface area contributed by atoms with E-state index in [1.54, 1.807) is 19.1 Å². The van der Waals surface area contributed by atoms with Gasteiger partial charge in [0.1, 0.15) is 0 Å². The van der Waals surface area contributed by atoms with Crippen LogP contribution in [0.25, 0.3) is 0 Å². The van der Waals surface area contributed by atoms with Gasteiger partial charge in [0.25, 0.3) is 0 Å². The Bertz CT molecular complexity index is 986. The molecule has 10 nitrogen and oxygen atoms in total. The molecule has 3 rings (SSSR count). The Morgan fingerprint density at radius 1 is 1.24 bits per heavy atom. The van der Waals surface area contributed by atoms with Crippen molar-refractivity contribution < 1.29 is 48.9 Å². The van der Waals surface area contributed by atoms with Gasteiger partial charge < -0.3 is 44.1 Å². The Labute approximate surface area is 223 Å². The van der Waals surface area contributed by atoms with Crippen LogP contribution in [0, 0.1) is 11.8 Å². The van der Waals surface area contributed by atoms with E-state index < -0.39 is 36.5 Å². The van der Waals surface area contributed by atoms with E-state index in [2.05, 4.69) is 6.58 Å². The molecule has 0 saturated carbocycles. The lowest BCUT2D eigenvalue weighted by Gasteiger charge is -2.38. The molecule has 212 valence electrons. The molecule has 0 aliphatic carbocycles. The molecule has 2 heterocycles. The van der Waals surface area contributed by atoms with Crippen LogP contribution in [0.1, 0.15) is 39.2 Å². The molecule has 38 heavy (non-hydrogen) atoms. The van der Waals surface area contributed by atoms with Gasteiger partial charge in [-0.1, -0.05) is 32.6 Å². The summed E-state index contributed by atoms with van der Waals surface area (Å²) in [4.78, 5) is 12.5. The van der Waals surface area contributed by atoms with Crippen molar-refractivity contribution in [3.8, 4) is 11.5 Å². The zero-order valence-corrected chi connectivity index (χ0v) is 22.5. The molecule has 2 aliphatic heterocycles. The summed E-state index contributed by atoms with van der Waals surface area (Å²) in [5.41, 5.74) is 1.69. The SMILES string of the molecule is C=C(CC1C(C(=O)OC)=COC(OC2OCC(O)CC2CO)/C1=C\C)OCCc1ccc(O)c(O)c1.CC. The summed E-state index contributed by atoms with van der Waals surface area (Å²) >= 11 is 0. The lowest BCUT2D eigenvalue weighted by Crippen LogP contribution is -2.44. The first-order chi connectivity index (χ1) is 18.3. The van der Waals surface area contributed by atoms with Crippen LogP contribution in [0.5, 0.6) is 11.5 Å². The molecule has 1 aromatic rings. The summed E-state index contributed by atoms with van der Waals surface area (Å²) in [7, 11) is 1.28. The fourth-order valence-corrected chi connectivity index (χ4v) is 4.25. The first kappa shape index (κ1) is 31.2. The average molecular weight is 537 g/mol. The molecule has 4 N–H and O–H groups in total. The molecular weight excluding hydrogens is 496 g/mol. The van der Waals surface area contributed by atoms with E-state index in [1.807, 2.05) is 13.8 Å². The van der Waals surface area contributed by atoms with Crippen molar-refractivity contribution in [2.75, 3.05) is 26.9 Å². The Hall–Kier alpha value is -3.05. The van der Waals surface area contributed by atoms with Crippen LogP contribution >= 0.6 is 0 Å². The fourth-order valence-electron chi connectivity index (χ4n) is 4.25. The molecule has 0 amide bonds. The molecule has 1 fully saturated rings. The highest BCUT2D eigenvalue weighted by atomic mass is 16.8. The number of aliphatic hydroxyl groups is 2. The van der Waals surface area contributed by atoms with Crippen molar-refractivity contribution in [2.24, 2.45) is 11.8 Å². The Morgan fingerprint density at radius 3 is 2.61 bits per heavy atom. The third-order valence-electron chi connectivity index (χ3n) is 6.20. The molecule has 0 bridgehead atoms. The second-order valence-electron chi connectivity index (χ2n) is 8.71. The molecule has 10 heteroatoms. The maximum Gasteiger partial charge on any atom is 0.337 e. The van der Waals surface area contributed by atoms with Gasteiger partial charge in [0.15, 0.2) is 17.8 Å².